The van der Waals surface area contributed by atoms with E-state index in [4.69, 9.17) is 0 Å². The molecule has 0 bridgehead atoms. The summed E-state index contributed by atoms with van der Waals surface area (Å²) in [5, 5.41) is 10.3. The molecule has 0 saturated carbocycles. The predicted octanol–water partition coefficient (Wildman–Crippen LogP) is 0.235. The molecule has 0 fully saturated rings. The van der Waals surface area contributed by atoms with Crippen molar-refractivity contribution in [3.05, 3.63) is 12.2 Å². The molecule has 0 aromatic rings. The molecule has 18 heavy (non-hydrogen) atoms. The number of carbonyl (C=O) groups excluding carboxylic acids is 3. The Morgan fingerprint density at radius 3 is 2.17 bits per heavy atom. The number of hydrogen-bond acceptors (Lipinski definition) is 6. The van der Waals surface area contributed by atoms with Gasteiger partial charge in [0.1, 0.15) is 0 Å². The van der Waals surface area contributed by atoms with Gasteiger partial charge in [0.05, 0.1) is 14.2 Å². The molecule has 6 nitrogen and oxygen atoms in total. The van der Waals surface area contributed by atoms with Crippen molar-refractivity contribution in [2.45, 2.75) is 25.9 Å². The largest absolute Gasteiger partial charge is 0.467 e. The summed E-state index contributed by atoms with van der Waals surface area (Å²) in [6.45, 7) is 3.34. The minimum absolute atomic E-state index is 0.276. The first-order chi connectivity index (χ1) is 8.39. The molecule has 6 heteroatoms. The molecule has 0 aromatic heterocycles. The second-order valence-corrected chi connectivity index (χ2v) is 3.62. The average Bonchev–Trinajstić information content (AvgIpc) is 2.40. The maximum Gasteiger partial charge on any atom is 0.378 e. The highest BCUT2D eigenvalue weighted by Gasteiger charge is 2.53. The summed E-state index contributed by atoms with van der Waals surface area (Å²) in [7, 11) is 2.02. The molecule has 0 aromatic carbocycles. The molecule has 1 N–H and O–H groups in total. The molecule has 0 aliphatic heterocycles. The van der Waals surface area contributed by atoms with Gasteiger partial charge in [0.15, 0.2) is 0 Å². The van der Waals surface area contributed by atoms with E-state index in [9.17, 15) is 19.5 Å². The zero-order chi connectivity index (χ0) is 14.3. The summed E-state index contributed by atoms with van der Waals surface area (Å²) in [6, 6.07) is 0. The number of aliphatic hydroxyl groups is 1. The van der Waals surface area contributed by atoms with E-state index in [1.54, 1.807) is 19.9 Å². The first-order valence-corrected chi connectivity index (χ1v) is 5.46. The number of Topliss-reactive ketones (excluding diaryl/α,β-unsaturated/α-hetero) is 1. The van der Waals surface area contributed by atoms with Crippen molar-refractivity contribution in [3.63, 3.8) is 0 Å². The van der Waals surface area contributed by atoms with Crippen LogP contribution >= 0.6 is 0 Å². The smallest absolute Gasteiger partial charge is 0.378 e. The van der Waals surface area contributed by atoms with Gasteiger partial charge in [-0.15, -0.1) is 0 Å². The lowest BCUT2D eigenvalue weighted by atomic mass is 9.81. The topological polar surface area (TPSA) is 89.9 Å². The van der Waals surface area contributed by atoms with Gasteiger partial charge in [-0.2, -0.15) is 0 Å². The first kappa shape index (κ1) is 16.3. The van der Waals surface area contributed by atoms with Crippen molar-refractivity contribution >= 4 is 17.7 Å². The van der Waals surface area contributed by atoms with Gasteiger partial charge in [0.2, 0.25) is 5.60 Å². The summed E-state index contributed by atoms with van der Waals surface area (Å²) in [5.74, 6) is -4.66. The van der Waals surface area contributed by atoms with Crippen LogP contribution in [-0.4, -0.2) is 42.6 Å². The van der Waals surface area contributed by atoms with Gasteiger partial charge in [-0.1, -0.05) is 19.1 Å². The Bertz CT molecular complexity index is 360. The fraction of sp³-hybridized carbons (Fsp3) is 0.583. The Morgan fingerprint density at radius 2 is 1.83 bits per heavy atom. The van der Waals surface area contributed by atoms with Crippen LogP contribution in [0.15, 0.2) is 12.2 Å². The van der Waals surface area contributed by atoms with Crippen molar-refractivity contribution in [1.29, 1.82) is 0 Å². The zero-order valence-electron chi connectivity index (χ0n) is 10.9. The van der Waals surface area contributed by atoms with E-state index >= 15 is 0 Å². The number of hydrogen-bond donors (Lipinski definition) is 1. The molecule has 2 unspecified atom stereocenters. The molecule has 0 spiro atoms. The summed E-state index contributed by atoms with van der Waals surface area (Å²) in [4.78, 5) is 34.7. The highest BCUT2D eigenvalue weighted by atomic mass is 16.5. The molecule has 0 rings (SSSR count). The standard InChI is InChI=1S/C12H18O6/c1-5-7-8(6-2)12(16,11(15)18-4)9(13)10(14)17-3/h5,7-8,16H,6H2,1-4H3. The van der Waals surface area contributed by atoms with Crippen LogP contribution in [0.3, 0.4) is 0 Å². The maximum absolute atomic E-state index is 11.8. The van der Waals surface area contributed by atoms with Gasteiger partial charge < -0.3 is 14.6 Å². The van der Waals surface area contributed by atoms with Crippen molar-refractivity contribution < 1.29 is 29.0 Å². The minimum atomic E-state index is -2.55. The summed E-state index contributed by atoms with van der Waals surface area (Å²) in [5.41, 5.74) is -2.55. The molecule has 0 heterocycles. The van der Waals surface area contributed by atoms with E-state index in [2.05, 4.69) is 9.47 Å². The van der Waals surface area contributed by atoms with Crippen LogP contribution in [0.5, 0.6) is 0 Å². The van der Waals surface area contributed by atoms with Gasteiger partial charge >= 0.3 is 11.9 Å². The van der Waals surface area contributed by atoms with Gasteiger partial charge in [0, 0.05) is 5.92 Å². The Labute approximate surface area is 106 Å². The summed E-state index contributed by atoms with van der Waals surface area (Å²) in [6.07, 6.45) is 3.32. The van der Waals surface area contributed by atoms with E-state index in [1.165, 1.54) is 6.08 Å². The van der Waals surface area contributed by atoms with E-state index in [-0.39, 0.29) is 6.42 Å². The van der Waals surface area contributed by atoms with E-state index in [1.807, 2.05) is 0 Å². The fourth-order valence-corrected chi connectivity index (χ4v) is 1.62. The quantitative estimate of drug-likeness (QED) is 0.317. The van der Waals surface area contributed by atoms with Crippen LogP contribution < -0.4 is 0 Å². The monoisotopic (exact) mass is 258 g/mol. The van der Waals surface area contributed by atoms with Crippen LogP contribution in [0.2, 0.25) is 0 Å². The number of methoxy groups -OCH3 is 2. The summed E-state index contributed by atoms with van der Waals surface area (Å²) < 4.78 is 8.65. The normalized spacial score (nSPS) is 15.8. The number of esters is 2. The van der Waals surface area contributed by atoms with Gasteiger partial charge in [-0.25, -0.2) is 9.59 Å². The molecule has 0 saturated heterocycles. The van der Waals surface area contributed by atoms with E-state index in [0.29, 0.717) is 0 Å². The SMILES string of the molecule is CC=CC(CC)C(O)(C(=O)OC)C(=O)C(=O)OC. The second kappa shape index (κ2) is 6.90. The third-order valence-corrected chi connectivity index (χ3v) is 2.61. The third kappa shape index (κ3) is 2.95. The molecule has 0 aliphatic rings. The Balaban J connectivity index is 5.62. The van der Waals surface area contributed by atoms with E-state index in [0.717, 1.165) is 14.2 Å². The first-order valence-electron chi connectivity index (χ1n) is 5.46. The van der Waals surface area contributed by atoms with Crippen LogP contribution in [0.4, 0.5) is 0 Å². The Kier molecular flexibility index (Phi) is 6.26. The lowest BCUT2D eigenvalue weighted by Gasteiger charge is -2.28. The average molecular weight is 258 g/mol. The van der Waals surface area contributed by atoms with Gasteiger partial charge in [-0.3, -0.25) is 4.79 Å². The zero-order valence-corrected chi connectivity index (χ0v) is 10.9. The number of carbonyl (C=O) groups is 3. The van der Waals surface area contributed by atoms with Crippen molar-refractivity contribution in [2.75, 3.05) is 14.2 Å². The van der Waals surface area contributed by atoms with Crippen LogP contribution in [0.25, 0.3) is 0 Å². The Morgan fingerprint density at radius 1 is 1.28 bits per heavy atom. The minimum Gasteiger partial charge on any atom is -0.467 e. The highest BCUT2D eigenvalue weighted by Crippen LogP contribution is 2.26. The number of allylic oxidation sites excluding steroid dienone is 1. The van der Waals surface area contributed by atoms with Crippen LogP contribution in [-0.2, 0) is 23.9 Å². The molecule has 0 aliphatic carbocycles. The number of ether oxygens (including phenoxy) is 2. The summed E-state index contributed by atoms with van der Waals surface area (Å²) >= 11 is 0. The fourth-order valence-electron chi connectivity index (χ4n) is 1.62. The maximum atomic E-state index is 11.8. The highest BCUT2D eigenvalue weighted by molar-refractivity contribution is 6.41. The number of rotatable bonds is 6. The molecular weight excluding hydrogens is 240 g/mol. The second-order valence-electron chi connectivity index (χ2n) is 3.62. The third-order valence-electron chi connectivity index (χ3n) is 2.61. The van der Waals surface area contributed by atoms with Gasteiger partial charge in [-0.05, 0) is 13.3 Å². The molecule has 0 radical (unpaired) electrons. The number of ketones is 1. The van der Waals surface area contributed by atoms with E-state index < -0.39 is 29.2 Å². The molecule has 0 amide bonds. The Hall–Kier alpha value is -1.69. The van der Waals surface area contributed by atoms with Crippen molar-refractivity contribution in [1.82, 2.24) is 0 Å². The molecule has 102 valence electrons. The molecule has 2 atom stereocenters. The van der Waals surface area contributed by atoms with Crippen molar-refractivity contribution in [2.24, 2.45) is 5.92 Å². The molecular formula is C12H18O6. The lowest BCUT2D eigenvalue weighted by molar-refractivity contribution is -0.179. The van der Waals surface area contributed by atoms with Crippen LogP contribution in [0, 0.1) is 5.92 Å². The van der Waals surface area contributed by atoms with Gasteiger partial charge in [0.25, 0.3) is 5.78 Å². The van der Waals surface area contributed by atoms with Crippen LogP contribution in [0.1, 0.15) is 20.3 Å². The van der Waals surface area contributed by atoms with Crippen molar-refractivity contribution in [3.8, 4) is 0 Å². The predicted molar refractivity (Wildman–Crippen MR) is 62.6 cm³/mol. The lowest BCUT2D eigenvalue weighted by Crippen LogP contribution is -2.55.